The molecule has 3 rings (SSSR count). The number of benzene rings is 2. The molecule has 0 radical (unpaired) electrons. The van der Waals surface area contributed by atoms with Gasteiger partial charge in [0.1, 0.15) is 17.7 Å². The minimum Gasteiger partial charge on any atom is -0.485 e. The Hall–Kier alpha value is -1.10. The van der Waals surface area contributed by atoms with Gasteiger partial charge in [-0.15, -0.1) is 0 Å². The molecule has 0 bridgehead atoms. The average Bonchev–Trinajstić information content (AvgIpc) is 2.41. The normalized spacial score (nSPS) is 21.2. The van der Waals surface area contributed by atoms with Crippen molar-refractivity contribution in [3.8, 4) is 5.75 Å². The van der Waals surface area contributed by atoms with Gasteiger partial charge in [-0.25, -0.2) is 4.39 Å². The van der Waals surface area contributed by atoms with E-state index < -0.39 is 5.82 Å². The summed E-state index contributed by atoms with van der Waals surface area (Å²) in [4.78, 5) is 0. The highest BCUT2D eigenvalue weighted by Gasteiger charge is 2.27. The van der Waals surface area contributed by atoms with Gasteiger partial charge >= 0.3 is 0 Å². The number of halogens is 3. The first kappa shape index (κ1) is 13.9. The minimum atomic E-state index is -0.443. The number of nitrogens with two attached hydrogens (primary N) is 1. The fourth-order valence-electron chi connectivity index (χ4n) is 2.39. The minimum absolute atomic E-state index is 0.108. The van der Waals surface area contributed by atoms with E-state index in [0.717, 1.165) is 21.3 Å². The average molecular weight is 357 g/mol. The smallest absolute Gasteiger partial charge is 0.142 e. The number of hydrogen-bond donors (Lipinski definition) is 1. The molecule has 2 N–H and O–H groups in total. The van der Waals surface area contributed by atoms with E-state index in [1.54, 1.807) is 6.07 Å². The fourth-order valence-corrected chi connectivity index (χ4v) is 2.85. The summed E-state index contributed by atoms with van der Waals surface area (Å²) in [6.45, 7) is 0. The van der Waals surface area contributed by atoms with E-state index in [1.807, 2.05) is 18.2 Å². The lowest BCUT2D eigenvalue weighted by Crippen LogP contribution is -2.24. The van der Waals surface area contributed by atoms with Crippen molar-refractivity contribution < 1.29 is 9.13 Å². The lowest BCUT2D eigenvalue weighted by Gasteiger charge is -2.30. The van der Waals surface area contributed by atoms with Crippen LogP contribution in [-0.2, 0) is 0 Å². The number of hydrogen-bond acceptors (Lipinski definition) is 2. The Labute approximate surface area is 129 Å². The van der Waals surface area contributed by atoms with Gasteiger partial charge in [0.05, 0.1) is 5.02 Å². The van der Waals surface area contributed by atoms with Crippen molar-refractivity contribution >= 4 is 27.5 Å². The molecule has 1 heterocycles. The zero-order valence-electron chi connectivity index (χ0n) is 10.4. The van der Waals surface area contributed by atoms with Crippen molar-refractivity contribution in [2.75, 3.05) is 0 Å². The molecule has 5 heteroatoms. The molecule has 20 heavy (non-hydrogen) atoms. The lowest BCUT2D eigenvalue weighted by atomic mass is 9.93. The summed E-state index contributed by atoms with van der Waals surface area (Å²) in [7, 11) is 0. The van der Waals surface area contributed by atoms with E-state index in [0.29, 0.717) is 6.42 Å². The molecule has 0 saturated carbocycles. The van der Waals surface area contributed by atoms with Crippen LogP contribution >= 0.6 is 27.5 Å². The Kier molecular flexibility index (Phi) is 3.71. The Balaban J connectivity index is 1.96. The van der Waals surface area contributed by atoms with Gasteiger partial charge in [-0.1, -0.05) is 39.7 Å². The topological polar surface area (TPSA) is 35.2 Å². The molecule has 0 aliphatic carbocycles. The van der Waals surface area contributed by atoms with Gasteiger partial charge in [-0.05, 0) is 29.8 Å². The Morgan fingerprint density at radius 3 is 2.80 bits per heavy atom. The molecular weight excluding hydrogens is 345 g/mol. The summed E-state index contributed by atoms with van der Waals surface area (Å²) in [6, 6.07) is 10.3. The van der Waals surface area contributed by atoms with Crippen molar-refractivity contribution in [1.29, 1.82) is 0 Å². The van der Waals surface area contributed by atoms with E-state index in [9.17, 15) is 4.39 Å². The highest BCUT2D eigenvalue weighted by Crippen LogP contribution is 2.41. The maximum Gasteiger partial charge on any atom is 0.142 e. The highest BCUT2D eigenvalue weighted by atomic mass is 79.9. The van der Waals surface area contributed by atoms with Crippen LogP contribution in [0.2, 0.25) is 5.02 Å². The molecule has 2 atom stereocenters. The maximum absolute atomic E-state index is 13.6. The maximum atomic E-state index is 13.6. The monoisotopic (exact) mass is 355 g/mol. The third-order valence-electron chi connectivity index (χ3n) is 3.43. The second-order valence-corrected chi connectivity index (χ2v) is 6.13. The van der Waals surface area contributed by atoms with Gasteiger partial charge in [-0.2, -0.15) is 0 Å². The molecule has 0 fully saturated rings. The molecule has 1 aliphatic rings. The summed E-state index contributed by atoms with van der Waals surface area (Å²) in [5.74, 6) is 0.292. The molecule has 0 aromatic heterocycles. The molecule has 1 aliphatic heterocycles. The van der Waals surface area contributed by atoms with Crippen LogP contribution in [-0.4, -0.2) is 0 Å². The van der Waals surface area contributed by atoms with Crippen LogP contribution in [0.5, 0.6) is 5.75 Å². The summed E-state index contributed by atoms with van der Waals surface area (Å²) < 4.78 is 20.4. The van der Waals surface area contributed by atoms with Gasteiger partial charge in [0.25, 0.3) is 0 Å². The van der Waals surface area contributed by atoms with Crippen LogP contribution in [0.25, 0.3) is 0 Å². The second kappa shape index (κ2) is 5.35. The summed E-state index contributed by atoms with van der Waals surface area (Å²) in [5.41, 5.74) is 7.89. The molecule has 2 nitrogen and oxygen atoms in total. The largest absolute Gasteiger partial charge is 0.485 e. The molecular formula is C15H12BrClFNO. The molecule has 2 aromatic rings. The van der Waals surface area contributed by atoms with Gasteiger partial charge in [0.2, 0.25) is 0 Å². The van der Waals surface area contributed by atoms with E-state index in [-0.39, 0.29) is 17.2 Å². The van der Waals surface area contributed by atoms with Crippen LogP contribution in [0.1, 0.15) is 29.7 Å². The van der Waals surface area contributed by atoms with Crippen molar-refractivity contribution in [2.24, 2.45) is 5.73 Å². The second-order valence-electron chi connectivity index (χ2n) is 4.80. The van der Waals surface area contributed by atoms with Crippen molar-refractivity contribution in [2.45, 2.75) is 18.6 Å². The molecule has 104 valence electrons. The van der Waals surface area contributed by atoms with Crippen LogP contribution in [0, 0.1) is 5.82 Å². The lowest BCUT2D eigenvalue weighted by molar-refractivity contribution is 0.161. The number of ether oxygens (including phenoxy) is 1. The first-order chi connectivity index (χ1) is 9.54. The first-order valence-corrected chi connectivity index (χ1v) is 7.38. The van der Waals surface area contributed by atoms with Crippen LogP contribution < -0.4 is 10.5 Å². The van der Waals surface area contributed by atoms with Crippen LogP contribution in [0.3, 0.4) is 0 Å². The predicted octanol–water partition coefficient (Wildman–Crippen LogP) is 4.77. The number of fused-ring (bicyclic) bond motifs is 1. The van der Waals surface area contributed by atoms with E-state index in [1.165, 1.54) is 12.1 Å². The van der Waals surface area contributed by atoms with Gasteiger partial charge in [0, 0.05) is 22.5 Å². The Bertz CT molecular complexity index is 664. The van der Waals surface area contributed by atoms with E-state index >= 15 is 0 Å². The van der Waals surface area contributed by atoms with Gasteiger partial charge in [-0.3, -0.25) is 0 Å². The Morgan fingerprint density at radius 1 is 1.25 bits per heavy atom. The van der Waals surface area contributed by atoms with E-state index in [2.05, 4.69) is 15.9 Å². The zero-order valence-corrected chi connectivity index (χ0v) is 12.8. The van der Waals surface area contributed by atoms with Crippen molar-refractivity contribution in [1.82, 2.24) is 0 Å². The summed E-state index contributed by atoms with van der Waals surface area (Å²) >= 11 is 9.11. The molecule has 0 amide bonds. The van der Waals surface area contributed by atoms with Crippen LogP contribution in [0.4, 0.5) is 4.39 Å². The third kappa shape index (κ3) is 2.55. The van der Waals surface area contributed by atoms with Gasteiger partial charge < -0.3 is 10.5 Å². The summed E-state index contributed by atoms with van der Waals surface area (Å²) in [5, 5.41) is 0.108. The van der Waals surface area contributed by atoms with Crippen molar-refractivity contribution in [3.05, 3.63) is 62.8 Å². The predicted molar refractivity (Wildman–Crippen MR) is 80.5 cm³/mol. The van der Waals surface area contributed by atoms with E-state index in [4.69, 9.17) is 22.1 Å². The molecule has 0 spiro atoms. The molecule has 0 saturated heterocycles. The SMILES string of the molecule is N[C@H]1CC(c2ccc(Cl)c(F)c2)Oc2cc(Br)ccc21. The first-order valence-electron chi connectivity index (χ1n) is 6.21. The molecule has 2 aromatic carbocycles. The van der Waals surface area contributed by atoms with Crippen LogP contribution in [0.15, 0.2) is 40.9 Å². The highest BCUT2D eigenvalue weighted by molar-refractivity contribution is 9.10. The molecule has 1 unspecified atom stereocenters. The fraction of sp³-hybridized carbons (Fsp3) is 0.200. The third-order valence-corrected chi connectivity index (χ3v) is 4.23. The zero-order chi connectivity index (χ0) is 14.3. The van der Waals surface area contributed by atoms with Crippen molar-refractivity contribution in [3.63, 3.8) is 0 Å². The summed E-state index contributed by atoms with van der Waals surface area (Å²) in [6.07, 6.45) is 0.342. The number of rotatable bonds is 1. The standard InChI is InChI=1S/C15H12BrClFNO/c16-9-2-3-10-13(19)7-14(20-15(10)6-9)8-1-4-11(17)12(18)5-8/h1-6,13-14H,7,19H2/t13-,14?/m0/s1. The Morgan fingerprint density at radius 2 is 2.05 bits per heavy atom. The quantitative estimate of drug-likeness (QED) is 0.799. The van der Waals surface area contributed by atoms with Gasteiger partial charge in [0.15, 0.2) is 0 Å².